The predicted octanol–water partition coefficient (Wildman–Crippen LogP) is 5.38. The Labute approximate surface area is 159 Å². The minimum Gasteiger partial charge on any atom is -0.304 e. The fourth-order valence-corrected chi connectivity index (χ4v) is 6.38. The number of nitrogens with zero attached hydrogens (tertiary/aromatic N) is 1. The molecule has 1 saturated heterocycles. The molecule has 0 aromatic carbocycles. The van der Waals surface area contributed by atoms with Crippen molar-refractivity contribution in [2.45, 2.75) is 72.6 Å². The number of rotatable bonds is 5. The summed E-state index contributed by atoms with van der Waals surface area (Å²) in [7, 11) is 0.0647. The van der Waals surface area contributed by atoms with Crippen LogP contribution in [0.4, 0.5) is 13.2 Å². The third kappa shape index (κ3) is 5.72. The van der Waals surface area contributed by atoms with Crippen LogP contribution in [0.2, 0.25) is 6.04 Å². The molecule has 0 radical (unpaired) electrons. The number of allylic oxidation sites excluding steroid dienone is 4. The first kappa shape index (κ1) is 21.7. The fourth-order valence-electron chi connectivity index (χ4n) is 4.53. The van der Waals surface area contributed by atoms with Gasteiger partial charge in [0.15, 0.2) is 0 Å². The van der Waals surface area contributed by atoms with Gasteiger partial charge in [0.05, 0.1) is 5.92 Å². The Morgan fingerprint density at radius 2 is 1.81 bits per heavy atom. The van der Waals surface area contributed by atoms with Crippen LogP contribution in [0.3, 0.4) is 0 Å². The summed E-state index contributed by atoms with van der Waals surface area (Å²) in [5.74, 6) is -1.84. The molecule has 2 rings (SSSR count). The van der Waals surface area contributed by atoms with Crippen LogP contribution in [0.1, 0.15) is 54.4 Å². The minimum absolute atomic E-state index is 0.0647. The van der Waals surface area contributed by atoms with Crippen molar-refractivity contribution in [3.8, 4) is 0 Å². The van der Waals surface area contributed by atoms with E-state index in [1.54, 1.807) is 13.0 Å². The average molecular weight is 388 g/mol. The molecule has 0 amide bonds. The summed E-state index contributed by atoms with van der Waals surface area (Å²) >= 11 is 0. The minimum atomic E-state index is -4.16. The van der Waals surface area contributed by atoms with Crippen molar-refractivity contribution in [1.82, 2.24) is 4.90 Å². The lowest BCUT2D eigenvalue weighted by Gasteiger charge is -2.40. The standard InChI is InChI=1S/C21H36F3NSi/c1-15-11-16(7-8-18(15)21(22,23)24)20(5,6)13-17(12-19(2,3)4)25-9-10-26-14-25/h7-8,11,15,17-18H,9-10,12-14,26H2,1-6H3. The molecule has 0 aromatic heterocycles. The first-order chi connectivity index (χ1) is 11.8. The van der Waals surface area contributed by atoms with Gasteiger partial charge in [0.1, 0.15) is 0 Å². The van der Waals surface area contributed by atoms with E-state index >= 15 is 0 Å². The van der Waals surface area contributed by atoms with E-state index in [0.717, 1.165) is 18.4 Å². The molecule has 3 atom stereocenters. The van der Waals surface area contributed by atoms with E-state index in [0.29, 0.717) is 6.04 Å². The van der Waals surface area contributed by atoms with Gasteiger partial charge in [-0.1, -0.05) is 59.8 Å². The molecule has 1 nitrogen and oxygen atoms in total. The molecule has 3 unspecified atom stereocenters. The number of hydrogen-bond donors (Lipinski definition) is 0. The van der Waals surface area contributed by atoms with Crippen molar-refractivity contribution < 1.29 is 13.2 Å². The Balaban J connectivity index is 2.16. The number of halogens is 3. The zero-order valence-electron chi connectivity index (χ0n) is 17.3. The highest BCUT2D eigenvalue weighted by Crippen LogP contribution is 2.43. The second-order valence-corrected chi connectivity index (χ2v) is 12.0. The highest BCUT2D eigenvalue weighted by Gasteiger charge is 2.43. The summed E-state index contributed by atoms with van der Waals surface area (Å²) in [6.45, 7) is 14.2. The molecule has 0 spiro atoms. The molecule has 0 N–H and O–H groups in total. The quantitative estimate of drug-likeness (QED) is 0.573. The Morgan fingerprint density at radius 3 is 2.27 bits per heavy atom. The Bertz CT molecular complexity index is 536. The van der Waals surface area contributed by atoms with Crippen LogP contribution in [0.25, 0.3) is 0 Å². The van der Waals surface area contributed by atoms with Crippen LogP contribution in [0, 0.1) is 22.7 Å². The van der Waals surface area contributed by atoms with Crippen LogP contribution < -0.4 is 0 Å². The van der Waals surface area contributed by atoms with Crippen LogP contribution in [-0.2, 0) is 0 Å². The average Bonchev–Trinajstić information content (AvgIpc) is 2.97. The van der Waals surface area contributed by atoms with Gasteiger partial charge in [0.25, 0.3) is 0 Å². The molecular formula is C21H36F3NSi. The maximum Gasteiger partial charge on any atom is 0.395 e. The summed E-state index contributed by atoms with van der Waals surface area (Å²) in [5.41, 5.74) is 1.22. The molecule has 150 valence electrons. The van der Waals surface area contributed by atoms with Crippen LogP contribution >= 0.6 is 0 Å². The molecule has 0 aromatic rings. The lowest BCUT2D eigenvalue weighted by Crippen LogP contribution is -2.40. The smallest absolute Gasteiger partial charge is 0.304 e. The van der Waals surface area contributed by atoms with Gasteiger partial charge < -0.3 is 4.90 Å². The Kier molecular flexibility index (Phi) is 6.54. The molecule has 1 fully saturated rings. The van der Waals surface area contributed by atoms with Gasteiger partial charge >= 0.3 is 6.18 Å². The molecule has 1 heterocycles. The summed E-state index contributed by atoms with van der Waals surface area (Å²) in [6.07, 6.45) is 4.27. The maximum atomic E-state index is 13.1. The second-order valence-electron chi connectivity index (χ2n) is 10.2. The van der Waals surface area contributed by atoms with E-state index in [-0.39, 0.29) is 20.3 Å². The van der Waals surface area contributed by atoms with Gasteiger partial charge in [-0.15, -0.1) is 0 Å². The summed E-state index contributed by atoms with van der Waals surface area (Å²) in [4.78, 5) is 2.66. The van der Waals surface area contributed by atoms with E-state index in [9.17, 15) is 13.2 Å². The zero-order valence-corrected chi connectivity index (χ0v) is 18.7. The second kappa shape index (κ2) is 7.82. The number of hydrogen-bond acceptors (Lipinski definition) is 1. The molecular weight excluding hydrogens is 351 g/mol. The molecule has 1 aliphatic carbocycles. The largest absolute Gasteiger partial charge is 0.395 e. The molecule has 0 saturated carbocycles. The summed E-state index contributed by atoms with van der Waals surface area (Å²) < 4.78 is 39.4. The first-order valence-electron chi connectivity index (χ1n) is 10.0. The lowest BCUT2D eigenvalue weighted by atomic mass is 9.71. The normalized spacial score (nSPS) is 27.8. The Morgan fingerprint density at radius 1 is 1.15 bits per heavy atom. The van der Waals surface area contributed by atoms with Gasteiger partial charge in [-0.2, -0.15) is 13.2 Å². The van der Waals surface area contributed by atoms with E-state index in [4.69, 9.17) is 0 Å². The zero-order chi connectivity index (χ0) is 19.8. The Hall–Kier alpha value is -0.553. The van der Waals surface area contributed by atoms with Crippen LogP contribution in [0.5, 0.6) is 0 Å². The van der Waals surface area contributed by atoms with Crippen molar-refractivity contribution >= 4 is 9.52 Å². The van der Waals surface area contributed by atoms with Gasteiger partial charge in [0.2, 0.25) is 0 Å². The predicted molar refractivity (Wildman–Crippen MR) is 107 cm³/mol. The van der Waals surface area contributed by atoms with Crippen molar-refractivity contribution in [3.05, 3.63) is 23.8 Å². The van der Waals surface area contributed by atoms with Crippen molar-refractivity contribution in [2.75, 3.05) is 12.7 Å². The van der Waals surface area contributed by atoms with E-state index in [1.165, 1.54) is 24.8 Å². The van der Waals surface area contributed by atoms with Crippen molar-refractivity contribution in [1.29, 1.82) is 0 Å². The van der Waals surface area contributed by atoms with Gasteiger partial charge in [-0.25, -0.2) is 0 Å². The molecule has 1 aliphatic heterocycles. The van der Waals surface area contributed by atoms with Gasteiger partial charge in [-0.3, -0.25) is 0 Å². The topological polar surface area (TPSA) is 3.24 Å². The van der Waals surface area contributed by atoms with E-state index in [1.807, 2.05) is 6.08 Å². The fraction of sp³-hybridized carbons (Fsp3) is 0.810. The summed E-state index contributed by atoms with van der Waals surface area (Å²) in [6, 6.07) is 1.92. The van der Waals surface area contributed by atoms with Gasteiger partial charge in [0, 0.05) is 15.6 Å². The van der Waals surface area contributed by atoms with Crippen LogP contribution in [-0.4, -0.2) is 39.4 Å². The molecule has 0 bridgehead atoms. The molecule has 26 heavy (non-hydrogen) atoms. The third-order valence-corrected chi connectivity index (χ3v) is 7.61. The summed E-state index contributed by atoms with van der Waals surface area (Å²) in [5, 5.41) is 0. The molecule has 5 heteroatoms. The lowest BCUT2D eigenvalue weighted by molar-refractivity contribution is -0.169. The van der Waals surface area contributed by atoms with Crippen molar-refractivity contribution in [3.63, 3.8) is 0 Å². The highest BCUT2D eigenvalue weighted by atomic mass is 28.2. The van der Waals surface area contributed by atoms with Crippen LogP contribution in [0.15, 0.2) is 23.8 Å². The van der Waals surface area contributed by atoms with Gasteiger partial charge in [-0.05, 0) is 53.9 Å². The van der Waals surface area contributed by atoms with E-state index < -0.39 is 18.0 Å². The highest BCUT2D eigenvalue weighted by molar-refractivity contribution is 6.36. The molecule has 2 aliphatic rings. The maximum absolute atomic E-state index is 13.1. The monoisotopic (exact) mass is 387 g/mol. The first-order valence-corrected chi connectivity index (χ1v) is 12.0. The van der Waals surface area contributed by atoms with E-state index in [2.05, 4.69) is 39.5 Å². The van der Waals surface area contributed by atoms with Crippen molar-refractivity contribution in [2.24, 2.45) is 22.7 Å². The SMILES string of the molecule is CC1C=C(C(C)(C)CC(CC(C)(C)C)N2CC[SiH2]C2)C=CC1C(F)(F)F. The number of alkyl halides is 3. The third-order valence-electron chi connectivity index (χ3n) is 5.90.